The van der Waals surface area contributed by atoms with Crippen LogP contribution in [0.3, 0.4) is 0 Å². The van der Waals surface area contributed by atoms with Crippen molar-refractivity contribution in [1.29, 1.82) is 0 Å². The van der Waals surface area contributed by atoms with Crippen LogP contribution in [0.4, 0.5) is 5.69 Å². The molecular formula is C13H16N2O2S. The molecule has 2 rings (SSSR count). The third-order valence-corrected chi connectivity index (χ3v) is 4.01. The average molecular weight is 264 g/mol. The molecule has 2 N–H and O–H groups in total. The minimum absolute atomic E-state index is 0.0689. The van der Waals surface area contributed by atoms with Gasteiger partial charge < -0.3 is 10.5 Å². The maximum Gasteiger partial charge on any atom is 0.307 e. The second-order valence-corrected chi connectivity index (χ2v) is 5.34. The Hall–Kier alpha value is -1.75. The number of hydrogen-bond donors (Lipinski definition) is 1. The summed E-state index contributed by atoms with van der Waals surface area (Å²) in [4.78, 5) is 12.9. The molecule has 0 fully saturated rings. The largest absolute Gasteiger partial charge is 0.495 e. The van der Waals surface area contributed by atoms with E-state index >= 15 is 0 Å². The zero-order valence-corrected chi connectivity index (χ0v) is 11.5. The van der Waals surface area contributed by atoms with E-state index in [0.29, 0.717) is 18.0 Å². The van der Waals surface area contributed by atoms with Crippen molar-refractivity contribution in [2.45, 2.75) is 20.4 Å². The molecule has 0 spiro atoms. The van der Waals surface area contributed by atoms with Crippen LogP contribution in [0.1, 0.15) is 16.1 Å². The minimum Gasteiger partial charge on any atom is -0.495 e. The zero-order chi connectivity index (χ0) is 13.3. The van der Waals surface area contributed by atoms with Gasteiger partial charge in [0, 0.05) is 10.6 Å². The third kappa shape index (κ3) is 2.26. The minimum atomic E-state index is 0.0689. The molecule has 0 bridgehead atoms. The van der Waals surface area contributed by atoms with E-state index in [1.807, 2.05) is 32.0 Å². The summed E-state index contributed by atoms with van der Waals surface area (Å²) >= 11 is 1.28. The van der Waals surface area contributed by atoms with Gasteiger partial charge in [0.15, 0.2) is 0 Å². The van der Waals surface area contributed by atoms with E-state index in [9.17, 15) is 4.79 Å². The smallest absolute Gasteiger partial charge is 0.307 e. The molecule has 0 saturated carbocycles. The number of thiazole rings is 1. The first-order valence-electron chi connectivity index (χ1n) is 5.62. The van der Waals surface area contributed by atoms with Gasteiger partial charge in [-0.05, 0) is 31.5 Å². The highest BCUT2D eigenvalue weighted by Gasteiger charge is 2.09. The zero-order valence-electron chi connectivity index (χ0n) is 10.7. The Morgan fingerprint density at radius 1 is 1.39 bits per heavy atom. The highest BCUT2D eigenvalue weighted by atomic mass is 32.1. The molecule has 1 heterocycles. The van der Waals surface area contributed by atoms with Gasteiger partial charge in [0.1, 0.15) is 5.75 Å². The average Bonchev–Trinajstić information content (AvgIpc) is 2.56. The number of ether oxygens (including phenoxy) is 1. The van der Waals surface area contributed by atoms with Gasteiger partial charge in [0.2, 0.25) is 0 Å². The molecule has 2 aromatic rings. The first kappa shape index (κ1) is 12.7. The summed E-state index contributed by atoms with van der Waals surface area (Å²) in [7, 11) is 1.59. The summed E-state index contributed by atoms with van der Waals surface area (Å²) in [6.07, 6.45) is 0. The molecule has 18 heavy (non-hydrogen) atoms. The predicted octanol–water partition coefficient (Wildman–Crippen LogP) is 2.17. The van der Waals surface area contributed by atoms with Crippen molar-refractivity contribution in [3.05, 3.63) is 44.0 Å². The molecule has 1 aromatic heterocycles. The van der Waals surface area contributed by atoms with Crippen molar-refractivity contribution in [3.8, 4) is 5.75 Å². The van der Waals surface area contributed by atoms with Gasteiger partial charge in [-0.3, -0.25) is 9.36 Å². The molecule has 0 aliphatic carbocycles. The second kappa shape index (κ2) is 4.86. The fourth-order valence-corrected chi connectivity index (χ4v) is 2.67. The van der Waals surface area contributed by atoms with Crippen LogP contribution < -0.4 is 15.3 Å². The molecule has 96 valence electrons. The summed E-state index contributed by atoms with van der Waals surface area (Å²) in [6.45, 7) is 4.46. The fourth-order valence-electron chi connectivity index (χ4n) is 1.83. The highest BCUT2D eigenvalue weighted by Crippen LogP contribution is 2.22. The topological polar surface area (TPSA) is 57.2 Å². The summed E-state index contributed by atoms with van der Waals surface area (Å²) in [6, 6.07) is 5.59. The van der Waals surface area contributed by atoms with Crippen LogP contribution in [0.2, 0.25) is 0 Å². The normalized spacial score (nSPS) is 10.6. The molecule has 0 unspecified atom stereocenters. The predicted molar refractivity (Wildman–Crippen MR) is 74.6 cm³/mol. The number of rotatable bonds is 3. The van der Waals surface area contributed by atoms with E-state index in [0.717, 1.165) is 16.1 Å². The van der Waals surface area contributed by atoms with E-state index in [1.165, 1.54) is 11.3 Å². The van der Waals surface area contributed by atoms with Gasteiger partial charge in [0.05, 0.1) is 19.3 Å². The highest BCUT2D eigenvalue weighted by molar-refractivity contribution is 7.09. The van der Waals surface area contributed by atoms with Crippen LogP contribution in [0.25, 0.3) is 0 Å². The number of benzene rings is 1. The fraction of sp³-hybridized carbons (Fsp3) is 0.308. The maximum absolute atomic E-state index is 11.8. The van der Waals surface area contributed by atoms with Crippen LogP contribution in [0, 0.1) is 13.8 Å². The Kier molecular flexibility index (Phi) is 3.43. The molecule has 4 nitrogen and oxygen atoms in total. The van der Waals surface area contributed by atoms with Crippen molar-refractivity contribution in [3.63, 3.8) is 0 Å². The summed E-state index contributed by atoms with van der Waals surface area (Å²) in [5.74, 6) is 0.657. The Labute approximate surface area is 110 Å². The van der Waals surface area contributed by atoms with Gasteiger partial charge in [-0.2, -0.15) is 0 Å². The lowest BCUT2D eigenvalue weighted by Gasteiger charge is -2.08. The molecular weight excluding hydrogens is 248 g/mol. The van der Waals surface area contributed by atoms with Crippen LogP contribution in [-0.2, 0) is 6.54 Å². The number of nitrogens with zero attached hydrogens (tertiary/aromatic N) is 1. The van der Waals surface area contributed by atoms with E-state index in [4.69, 9.17) is 10.5 Å². The SMILES string of the molecule is COc1ccc(Cn2c(C)c(C)sc2=O)cc1N. The molecule has 0 saturated heterocycles. The molecule has 0 aliphatic heterocycles. The first-order valence-corrected chi connectivity index (χ1v) is 6.43. The standard InChI is InChI=1S/C13H16N2O2S/c1-8-9(2)18-13(16)15(8)7-10-4-5-12(17-3)11(14)6-10/h4-6H,7,14H2,1-3H3. The quantitative estimate of drug-likeness (QED) is 0.864. The molecule has 1 aromatic carbocycles. The summed E-state index contributed by atoms with van der Waals surface area (Å²) in [5.41, 5.74) is 8.46. The molecule has 0 aliphatic rings. The van der Waals surface area contributed by atoms with Crippen molar-refractivity contribution in [1.82, 2.24) is 4.57 Å². The first-order chi connectivity index (χ1) is 8.52. The maximum atomic E-state index is 11.8. The number of aryl methyl sites for hydroxylation is 1. The number of aromatic nitrogens is 1. The van der Waals surface area contributed by atoms with E-state index in [-0.39, 0.29) is 4.87 Å². The Morgan fingerprint density at radius 2 is 2.11 bits per heavy atom. The van der Waals surface area contributed by atoms with Crippen molar-refractivity contribution in [2.24, 2.45) is 0 Å². The van der Waals surface area contributed by atoms with Crippen LogP contribution in [-0.4, -0.2) is 11.7 Å². The van der Waals surface area contributed by atoms with Crippen LogP contribution >= 0.6 is 11.3 Å². The molecule has 0 atom stereocenters. The molecule has 0 radical (unpaired) electrons. The Balaban J connectivity index is 2.34. The molecule has 0 amide bonds. The van der Waals surface area contributed by atoms with E-state index in [2.05, 4.69) is 0 Å². The van der Waals surface area contributed by atoms with Crippen molar-refractivity contribution in [2.75, 3.05) is 12.8 Å². The van der Waals surface area contributed by atoms with Gasteiger partial charge >= 0.3 is 4.87 Å². The number of anilines is 1. The molecule has 5 heteroatoms. The number of methoxy groups -OCH3 is 1. The van der Waals surface area contributed by atoms with Crippen LogP contribution in [0.15, 0.2) is 23.0 Å². The summed E-state index contributed by atoms with van der Waals surface area (Å²) < 4.78 is 6.88. The van der Waals surface area contributed by atoms with Gasteiger partial charge in [-0.25, -0.2) is 0 Å². The Morgan fingerprint density at radius 3 is 2.61 bits per heavy atom. The lowest BCUT2D eigenvalue weighted by atomic mass is 10.2. The van der Waals surface area contributed by atoms with E-state index in [1.54, 1.807) is 11.7 Å². The lowest BCUT2D eigenvalue weighted by molar-refractivity contribution is 0.417. The van der Waals surface area contributed by atoms with E-state index < -0.39 is 0 Å². The monoisotopic (exact) mass is 264 g/mol. The number of nitrogens with two attached hydrogens (primary N) is 1. The van der Waals surface area contributed by atoms with Crippen molar-refractivity contribution >= 4 is 17.0 Å². The lowest BCUT2D eigenvalue weighted by Crippen LogP contribution is -2.15. The third-order valence-electron chi connectivity index (χ3n) is 3.01. The Bertz CT molecular complexity index is 628. The number of nitrogen functional groups attached to an aromatic ring is 1. The van der Waals surface area contributed by atoms with Gasteiger partial charge in [-0.1, -0.05) is 17.4 Å². The summed E-state index contributed by atoms with van der Waals surface area (Å²) in [5, 5.41) is 0. The van der Waals surface area contributed by atoms with Gasteiger partial charge in [0.25, 0.3) is 0 Å². The van der Waals surface area contributed by atoms with Gasteiger partial charge in [-0.15, -0.1) is 0 Å². The number of hydrogen-bond acceptors (Lipinski definition) is 4. The second-order valence-electron chi connectivity index (χ2n) is 4.17. The van der Waals surface area contributed by atoms with Crippen LogP contribution in [0.5, 0.6) is 5.75 Å². The van der Waals surface area contributed by atoms with Crippen molar-refractivity contribution < 1.29 is 4.74 Å².